The minimum atomic E-state index is -1.02. The average Bonchev–Trinajstić information content (AvgIpc) is 2.99. The lowest BCUT2D eigenvalue weighted by Crippen LogP contribution is -2.33. The molecule has 0 unspecified atom stereocenters. The van der Waals surface area contributed by atoms with Gasteiger partial charge in [0.05, 0.1) is 13.2 Å². The zero-order valence-electron chi connectivity index (χ0n) is 10.3. The highest BCUT2D eigenvalue weighted by molar-refractivity contribution is 6.04. The standard InChI is InChI=1S/C13H18O4/c1-3-16-11(14)13(12(15)17-4-2)9-7-5-6-8-10(9)13/h5-6,9-10H,3-4,7-8H2,1-2H3/t9-,10+. The molecule has 0 amide bonds. The molecule has 2 aliphatic rings. The SMILES string of the molecule is CCOC(=O)C1(C(=O)OCC)[C@@H]2CC=CC[C@@H]21. The Kier molecular flexibility index (Phi) is 3.22. The average molecular weight is 238 g/mol. The highest BCUT2D eigenvalue weighted by Crippen LogP contribution is 2.65. The van der Waals surface area contributed by atoms with E-state index in [4.69, 9.17) is 9.47 Å². The molecule has 2 rings (SSSR count). The van der Waals surface area contributed by atoms with E-state index >= 15 is 0 Å². The van der Waals surface area contributed by atoms with Crippen molar-refractivity contribution in [1.82, 2.24) is 0 Å². The summed E-state index contributed by atoms with van der Waals surface area (Å²) in [6.07, 6.45) is 5.59. The molecule has 94 valence electrons. The van der Waals surface area contributed by atoms with Crippen molar-refractivity contribution in [3.05, 3.63) is 12.2 Å². The number of ether oxygens (including phenoxy) is 2. The molecule has 0 aromatic carbocycles. The second kappa shape index (κ2) is 4.51. The number of carbonyl (C=O) groups is 2. The van der Waals surface area contributed by atoms with Gasteiger partial charge in [0, 0.05) is 0 Å². The Balaban J connectivity index is 2.20. The summed E-state index contributed by atoms with van der Waals surface area (Å²) >= 11 is 0. The van der Waals surface area contributed by atoms with Crippen molar-refractivity contribution in [2.45, 2.75) is 26.7 Å². The van der Waals surface area contributed by atoms with Crippen LogP contribution in [0.5, 0.6) is 0 Å². The van der Waals surface area contributed by atoms with Gasteiger partial charge in [-0.05, 0) is 38.5 Å². The quantitative estimate of drug-likeness (QED) is 0.425. The first-order chi connectivity index (χ1) is 8.19. The van der Waals surface area contributed by atoms with Crippen LogP contribution in [0.25, 0.3) is 0 Å². The van der Waals surface area contributed by atoms with Gasteiger partial charge in [0.25, 0.3) is 0 Å². The minimum absolute atomic E-state index is 0.0746. The van der Waals surface area contributed by atoms with Crippen LogP contribution in [0.15, 0.2) is 12.2 Å². The molecular weight excluding hydrogens is 220 g/mol. The Morgan fingerprint density at radius 1 is 1.06 bits per heavy atom. The molecular formula is C13H18O4. The molecule has 0 saturated heterocycles. The number of allylic oxidation sites excluding steroid dienone is 2. The van der Waals surface area contributed by atoms with E-state index in [1.165, 1.54) is 0 Å². The maximum absolute atomic E-state index is 12.1. The van der Waals surface area contributed by atoms with E-state index < -0.39 is 17.4 Å². The Labute approximate surface area is 101 Å². The summed E-state index contributed by atoms with van der Waals surface area (Å²) in [4.78, 5) is 24.1. The van der Waals surface area contributed by atoms with Crippen LogP contribution in [-0.4, -0.2) is 25.2 Å². The summed E-state index contributed by atoms with van der Waals surface area (Å²) in [6.45, 7) is 4.10. The Morgan fingerprint density at radius 2 is 1.47 bits per heavy atom. The van der Waals surface area contributed by atoms with Crippen molar-refractivity contribution < 1.29 is 19.1 Å². The number of rotatable bonds is 4. The summed E-state index contributed by atoms with van der Waals surface area (Å²) < 4.78 is 10.1. The molecule has 0 N–H and O–H groups in total. The first kappa shape index (κ1) is 12.1. The van der Waals surface area contributed by atoms with E-state index in [9.17, 15) is 9.59 Å². The Morgan fingerprint density at radius 3 is 1.82 bits per heavy atom. The molecule has 0 heterocycles. The molecule has 0 bridgehead atoms. The first-order valence-corrected chi connectivity index (χ1v) is 6.19. The zero-order valence-corrected chi connectivity index (χ0v) is 10.3. The lowest BCUT2D eigenvalue weighted by Gasteiger charge is -2.14. The van der Waals surface area contributed by atoms with E-state index in [0.717, 1.165) is 12.8 Å². The Bertz CT molecular complexity index is 324. The molecule has 2 atom stereocenters. The topological polar surface area (TPSA) is 52.6 Å². The van der Waals surface area contributed by atoms with Crippen LogP contribution in [0.3, 0.4) is 0 Å². The molecule has 17 heavy (non-hydrogen) atoms. The summed E-state index contributed by atoms with van der Waals surface area (Å²) in [5.74, 6) is -0.662. The van der Waals surface area contributed by atoms with Crippen molar-refractivity contribution in [1.29, 1.82) is 0 Å². The van der Waals surface area contributed by atoms with Crippen molar-refractivity contribution in [3.63, 3.8) is 0 Å². The fourth-order valence-corrected chi connectivity index (χ4v) is 2.91. The summed E-state index contributed by atoms with van der Waals surface area (Å²) in [5, 5.41) is 0. The molecule has 0 radical (unpaired) electrons. The van der Waals surface area contributed by atoms with Gasteiger partial charge in [0.15, 0.2) is 5.41 Å². The minimum Gasteiger partial charge on any atom is -0.465 e. The number of fused-ring (bicyclic) bond motifs is 1. The van der Waals surface area contributed by atoms with Crippen molar-refractivity contribution in [2.24, 2.45) is 17.3 Å². The fourth-order valence-electron chi connectivity index (χ4n) is 2.91. The van der Waals surface area contributed by atoms with Crippen LogP contribution in [0.1, 0.15) is 26.7 Å². The molecule has 0 spiro atoms. The number of esters is 2. The molecule has 4 nitrogen and oxygen atoms in total. The van der Waals surface area contributed by atoms with Gasteiger partial charge in [-0.25, -0.2) is 0 Å². The van der Waals surface area contributed by atoms with Crippen molar-refractivity contribution in [3.8, 4) is 0 Å². The molecule has 1 saturated carbocycles. The van der Waals surface area contributed by atoms with Crippen molar-refractivity contribution >= 4 is 11.9 Å². The Hall–Kier alpha value is -1.32. The number of hydrogen-bond acceptors (Lipinski definition) is 4. The highest BCUT2D eigenvalue weighted by Gasteiger charge is 2.75. The van der Waals surface area contributed by atoms with E-state index in [1.807, 2.05) is 12.2 Å². The van der Waals surface area contributed by atoms with E-state index in [-0.39, 0.29) is 11.8 Å². The van der Waals surface area contributed by atoms with Gasteiger partial charge in [-0.3, -0.25) is 9.59 Å². The lowest BCUT2D eigenvalue weighted by atomic mass is 10.0. The maximum atomic E-state index is 12.1. The third kappa shape index (κ3) is 1.66. The van der Waals surface area contributed by atoms with Crippen LogP contribution in [0.4, 0.5) is 0 Å². The molecule has 4 heteroatoms. The van der Waals surface area contributed by atoms with Crippen LogP contribution in [0, 0.1) is 17.3 Å². The van der Waals surface area contributed by atoms with E-state index in [1.54, 1.807) is 13.8 Å². The smallest absolute Gasteiger partial charge is 0.324 e. The van der Waals surface area contributed by atoms with Crippen molar-refractivity contribution in [2.75, 3.05) is 13.2 Å². The van der Waals surface area contributed by atoms with E-state index in [2.05, 4.69) is 0 Å². The maximum Gasteiger partial charge on any atom is 0.324 e. The number of carbonyl (C=O) groups excluding carboxylic acids is 2. The fraction of sp³-hybridized carbons (Fsp3) is 0.692. The van der Waals surface area contributed by atoms with Crippen LogP contribution in [-0.2, 0) is 19.1 Å². The van der Waals surface area contributed by atoms with E-state index in [0.29, 0.717) is 13.2 Å². The molecule has 0 aromatic rings. The second-order valence-corrected chi connectivity index (χ2v) is 4.47. The summed E-state index contributed by atoms with van der Waals surface area (Å²) in [5.41, 5.74) is -1.02. The van der Waals surface area contributed by atoms with Gasteiger partial charge in [0.2, 0.25) is 0 Å². The molecule has 1 fully saturated rings. The number of hydrogen-bond donors (Lipinski definition) is 0. The third-order valence-electron chi connectivity index (χ3n) is 3.72. The van der Waals surface area contributed by atoms with Gasteiger partial charge in [-0.1, -0.05) is 12.2 Å². The monoisotopic (exact) mass is 238 g/mol. The van der Waals surface area contributed by atoms with Gasteiger partial charge in [-0.15, -0.1) is 0 Å². The van der Waals surface area contributed by atoms with Crippen LogP contribution >= 0.6 is 0 Å². The van der Waals surface area contributed by atoms with Crippen LogP contribution in [0.2, 0.25) is 0 Å². The first-order valence-electron chi connectivity index (χ1n) is 6.19. The second-order valence-electron chi connectivity index (χ2n) is 4.47. The van der Waals surface area contributed by atoms with Gasteiger partial charge in [-0.2, -0.15) is 0 Å². The predicted molar refractivity (Wildman–Crippen MR) is 61.1 cm³/mol. The molecule has 0 aromatic heterocycles. The zero-order chi connectivity index (χ0) is 12.5. The third-order valence-corrected chi connectivity index (χ3v) is 3.72. The molecule has 2 aliphatic carbocycles. The molecule has 0 aliphatic heterocycles. The highest BCUT2D eigenvalue weighted by atomic mass is 16.6. The van der Waals surface area contributed by atoms with Crippen LogP contribution < -0.4 is 0 Å². The van der Waals surface area contributed by atoms with Gasteiger partial charge >= 0.3 is 11.9 Å². The predicted octanol–water partition coefficient (Wildman–Crippen LogP) is 1.70. The lowest BCUT2D eigenvalue weighted by molar-refractivity contribution is -0.165. The largest absolute Gasteiger partial charge is 0.465 e. The normalized spacial score (nSPS) is 28.1. The summed E-state index contributed by atoms with van der Waals surface area (Å²) in [6, 6.07) is 0. The summed E-state index contributed by atoms with van der Waals surface area (Å²) in [7, 11) is 0. The van der Waals surface area contributed by atoms with Gasteiger partial charge < -0.3 is 9.47 Å². The van der Waals surface area contributed by atoms with Gasteiger partial charge in [0.1, 0.15) is 0 Å².